The molecule has 92 valence electrons. The molecule has 3 nitrogen and oxygen atoms in total. The second kappa shape index (κ2) is 5.43. The zero-order valence-corrected chi connectivity index (χ0v) is 10.6. The van der Waals surface area contributed by atoms with Crippen molar-refractivity contribution in [3.05, 3.63) is 35.9 Å². The molecule has 1 aromatic rings. The Balaban J connectivity index is 2.06. The fraction of sp³-hybridized carbons (Fsp3) is 0.500. The molecule has 0 aliphatic carbocycles. The topological polar surface area (TPSA) is 23.6 Å². The fourth-order valence-corrected chi connectivity index (χ4v) is 2.35. The first kappa shape index (κ1) is 12.3. The first-order valence-corrected chi connectivity index (χ1v) is 6.14. The van der Waals surface area contributed by atoms with Crippen LogP contribution in [0.2, 0.25) is 0 Å². The van der Waals surface area contributed by atoms with Crippen molar-refractivity contribution in [2.45, 2.75) is 19.5 Å². The van der Waals surface area contributed by atoms with Crippen molar-refractivity contribution in [2.75, 3.05) is 26.7 Å². The van der Waals surface area contributed by atoms with E-state index < -0.39 is 0 Å². The number of ketones is 1. The Morgan fingerprint density at radius 3 is 2.65 bits per heavy atom. The van der Waals surface area contributed by atoms with Crippen LogP contribution in [0.5, 0.6) is 0 Å². The summed E-state index contributed by atoms with van der Waals surface area (Å²) in [5.74, 6) is 0.271. The van der Waals surface area contributed by atoms with Gasteiger partial charge in [0.25, 0.3) is 0 Å². The fourth-order valence-electron chi connectivity index (χ4n) is 2.35. The molecule has 17 heavy (non-hydrogen) atoms. The Morgan fingerprint density at radius 1 is 1.29 bits per heavy atom. The normalized spacial score (nSPS) is 22.6. The molecule has 1 fully saturated rings. The molecule has 1 aromatic carbocycles. The summed E-state index contributed by atoms with van der Waals surface area (Å²) in [5.41, 5.74) is 1.28. The molecule has 0 radical (unpaired) electrons. The highest BCUT2D eigenvalue weighted by Gasteiger charge is 2.28. The van der Waals surface area contributed by atoms with Crippen LogP contribution in [-0.4, -0.2) is 48.3 Å². The SMILES string of the molecule is CC(=O)C1CN(C)CCN1Cc1ccccc1. The largest absolute Gasteiger partial charge is 0.303 e. The second-order valence-corrected chi connectivity index (χ2v) is 4.84. The minimum atomic E-state index is 0.0500. The minimum Gasteiger partial charge on any atom is -0.303 e. The number of Topliss-reactive ketones (excluding diaryl/α,β-unsaturated/α-hetero) is 1. The highest BCUT2D eigenvalue weighted by molar-refractivity contribution is 5.81. The first-order valence-electron chi connectivity index (χ1n) is 6.14. The lowest BCUT2D eigenvalue weighted by Gasteiger charge is -2.38. The maximum absolute atomic E-state index is 11.7. The number of hydrogen-bond donors (Lipinski definition) is 0. The molecule has 3 heteroatoms. The smallest absolute Gasteiger partial charge is 0.148 e. The van der Waals surface area contributed by atoms with Gasteiger partial charge >= 0.3 is 0 Å². The lowest BCUT2D eigenvalue weighted by atomic mass is 10.1. The third-order valence-electron chi connectivity index (χ3n) is 3.39. The molecule has 1 heterocycles. The molecule has 0 aromatic heterocycles. The van der Waals surface area contributed by atoms with Gasteiger partial charge in [0.2, 0.25) is 0 Å². The van der Waals surface area contributed by atoms with Crippen molar-refractivity contribution >= 4 is 5.78 Å². The highest BCUT2D eigenvalue weighted by atomic mass is 16.1. The van der Waals surface area contributed by atoms with E-state index >= 15 is 0 Å². The van der Waals surface area contributed by atoms with Crippen molar-refractivity contribution in [1.29, 1.82) is 0 Å². The minimum absolute atomic E-state index is 0.0500. The van der Waals surface area contributed by atoms with Gasteiger partial charge in [-0.2, -0.15) is 0 Å². The number of benzene rings is 1. The van der Waals surface area contributed by atoms with Crippen molar-refractivity contribution in [1.82, 2.24) is 9.80 Å². The Kier molecular flexibility index (Phi) is 3.92. The Hall–Kier alpha value is -1.19. The number of likely N-dealkylation sites (N-methyl/N-ethyl adjacent to an activating group) is 1. The van der Waals surface area contributed by atoms with Crippen molar-refractivity contribution in [2.24, 2.45) is 0 Å². The number of nitrogens with zero attached hydrogens (tertiary/aromatic N) is 2. The van der Waals surface area contributed by atoms with Crippen LogP contribution in [0.4, 0.5) is 0 Å². The molecule has 0 bridgehead atoms. The van der Waals surface area contributed by atoms with Gasteiger partial charge in [0.05, 0.1) is 6.04 Å². The summed E-state index contributed by atoms with van der Waals surface area (Å²) in [7, 11) is 2.08. The molecule has 0 N–H and O–H groups in total. The van der Waals surface area contributed by atoms with Crippen LogP contribution in [0.15, 0.2) is 30.3 Å². The molecular formula is C14H20N2O. The predicted molar refractivity (Wildman–Crippen MR) is 68.8 cm³/mol. The number of hydrogen-bond acceptors (Lipinski definition) is 3. The van der Waals surface area contributed by atoms with E-state index in [1.165, 1.54) is 5.56 Å². The van der Waals surface area contributed by atoms with Gasteiger partial charge in [-0.1, -0.05) is 30.3 Å². The third kappa shape index (κ3) is 3.14. The van der Waals surface area contributed by atoms with E-state index in [0.29, 0.717) is 0 Å². The molecule has 1 atom stereocenters. The first-order chi connectivity index (χ1) is 8.16. The zero-order chi connectivity index (χ0) is 12.3. The standard InChI is InChI=1S/C14H20N2O/c1-12(17)14-11-15(2)8-9-16(14)10-13-6-4-3-5-7-13/h3-7,14H,8-11H2,1-2H3. The summed E-state index contributed by atoms with van der Waals surface area (Å²) in [6.45, 7) is 5.43. The predicted octanol–water partition coefficient (Wildman–Crippen LogP) is 1.39. The van der Waals surface area contributed by atoms with Gasteiger partial charge in [-0.25, -0.2) is 0 Å². The molecule has 0 saturated carbocycles. The van der Waals surface area contributed by atoms with Gasteiger partial charge in [0.15, 0.2) is 0 Å². The maximum atomic E-state index is 11.7. The Labute approximate surface area is 103 Å². The zero-order valence-electron chi connectivity index (χ0n) is 10.6. The van der Waals surface area contributed by atoms with Crippen LogP contribution in [0.1, 0.15) is 12.5 Å². The van der Waals surface area contributed by atoms with E-state index in [4.69, 9.17) is 0 Å². The van der Waals surface area contributed by atoms with Crippen molar-refractivity contribution < 1.29 is 4.79 Å². The average molecular weight is 232 g/mol. The highest BCUT2D eigenvalue weighted by Crippen LogP contribution is 2.13. The monoisotopic (exact) mass is 232 g/mol. The van der Waals surface area contributed by atoms with Crippen LogP contribution in [0.25, 0.3) is 0 Å². The quantitative estimate of drug-likeness (QED) is 0.787. The van der Waals surface area contributed by atoms with E-state index in [9.17, 15) is 4.79 Å². The number of carbonyl (C=O) groups is 1. The van der Waals surface area contributed by atoms with Crippen molar-refractivity contribution in [3.63, 3.8) is 0 Å². The lowest BCUT2D eigenvalue weighted by molar-refractivity contribution is -0.124. The van der Waals surface area contributed by atoms with Crippen LogP contribution >= 0.6 is 0 Å². The van der Waals surface area contributed by atoms with Crippen LogP contribution in [0.3, 0.4) is 0 Å². The van der Waals surface area contributed by atoms with E-state index in [1.54, 1.807) is 6.92 Å². The van der Waals surface area contributed by atoms with Crippen molar-refractivity contribution in [3.8, 4) is 0 Å². The lowest BCUT2D eigenvalue weighted by Crippen LogP contribution is -2.54. The van der Waals surface area contributed by atoms with Crippen LogP contribution in [0, 0.1) is 0 Å². The summed E-state index contributed by atoms with van der Waals surface area (Å²) in [4.78, 5) is 16.2. The van der Waals surface area contributed by atoms with E-state index in [2.05, 4.69) is 29.0 Å². The molecule has 1 aliphatic rings. The van der Waals surface area contributed by atoms with Gasteiger partial charge < -0.3 is 4.90 Å². The summed E-state index contributed by atoms with van der Waals surface area (Å²) in [5, 5.41) is 0. The van der Waals surface area contributed by atoms with Gasteiger partial charge in [-0.05, 0) is 19.5 Å². The molecule has 1 saturated heterocycles. The third-order valence-corrected chi connectivity index (χ3v) is 3.39. The van der Waals surface area contributed by atoms with Gasteiger partial charge in [-0.15, -0.1) is 0 Å². The average Bonchev–Trinajstić information content (AvgIpc) is 2.32. The number of rotatable bonds is 3. The molecule has 1 unspecified atom stereocenters. The van der Waals surface area contributed by atoms with E-state index in [0.717, 1.165) is 26.2 Å². The maximum Gasteiger partial charge on any atom is 0.148 e. The summed E-state index contributed by atoms with van der Waals surface area (Å²) in [6.07, 6.45) is 0. The molecular weight excluding hydrogens is 212 g/mol. The van der Waals surface area contributed by atoms with Crippen LogP contribution in [-0.2, 0) is 11.3 Å². The summed E-state index contributed by atoms with van der Waals surface area (Å²) >= 11 is 0. The number of carbonyl (C=O) groups excluding carboxylic acids is 1. The molecule has 0 amide bonds. The Morgan fingerprint density at radius 2 is 2.00 bits per heavy atom. The summed E-state index contributed by atoms with van der Waals surface area (Å²) < 4.78 is 0. The van der Waals surface area contributed by atoms with Crippen LogP contribution < -0.4 is 0 Å². The van der Waals surface area contributed by atoms with Gasteiger partial charge in [0, 0.05) is 26.2 Å². The molecule has 1 aliphatic heterocycles. The van der Waals surface area contributed by atoms with E-state index in [-0.39, 0.29) is 11.8 Å². The van der Waals surface area contributed by atoms with Gasteiger partial charge in [-0.3, -0.25) is 9.69 Å². The van der Waals surface area contributed by atoms with Gasteiger partial charge in [0.1, 0.15) is 5.78 Å². The second-order valence-electron chi connectivity index (χ2n) is 4.84. The Bertz CT molecular complexity index is 377. The summed E-state index contributed by atoms with van der Waals surface area (Å²) in [6, 6.07) is 10.4. The number of piperazine rings is 1. The van der Waals surface area contributed by atoms with E-state index in [1.807, 2.05) is 18.2 Å². The molecule has 2 rings (SSSR count). The molecule has 0 spiro atoms.